The number of hydrogen-bond acceptors (Lipinski definition) is 9. The summed E-state index contributed by atoms with van der Waals surface area (Å²) in [6, 6.07) is 0.993. The van der Waals surface area contributed by atoms with Gasteiger partial charge in [-0.15, -0.1) is 0 Å². The molecule has 1 aliphatic heterocycles. The van der Waals surface area contributed by atoms with E-state index in [9.17, 15) is 9.50 Å². The van der Waals surface area contributed by atoms with Gasteiger partial charge in [0.05, 0.1) is 34.4 Å². The first-order valence-electron chi connectivity index (χ1n) is 10.9. The summed E-state index contributed by atoms with van der Waals surface area (Å²) < 4.78 is 35.3. The molecule has 1 aromatic carbocycles. The molecule has 0 amide bonds. The maximum absolute atomic E-state index is 15.1. The number of hydrogen-bond donors (Lipinski definition) is 4. The largest absolute Gasteiger partial charge is 0.421 e. The van der Waals surface area contributed by atoms with Crippen molar-refractivity contribution in [3.8, 4) is 11.8 Å². The second-order valence-electron chi connectivity index (χ2n) is 8.30. The fourth-order valence-electron chi connectivity index (χ4n) is 4.23. The van der Waals surface area contributed by atoms with Crippen molar-refractivity contribution in [2.75, 3.05) is 30.4 Å². The van der Waals surface area contributed by atoms with E-state index >= 15 is 4.39 Å². The minimum absolute atomic E-state index is 0.0199. The summed E-state index contributed by atoms with van der Waals surface area (Å²) in [5.74, 6) is -1.06. The molecule has 1 saturated heterocycles. The zero-order valence-corrected chi connectivity index (χ0v) is 18.6. The zero-order chi connectivity index (χ0) is 24.0. The Hall–Kier alpha value is -3.64. The van der Waals surface area contributed by atoms with E-state index in [0.717, 1.165) is 18.9 Å². The number of ether oxygens (including phenoxy) is 1. The molecular weight excluding hydrogens is 446 g/mol. The Bertz CT molecular complexity index is 1360. The van der Waals surface area contributed by atoms with Crippen LogP contribution < -0.4 is 20.7 Å². The van der Waals surface area contributed by atoms with E-state index in [1.54, 1.807) is 14.0 Å². The predicted octanol–water partition coefficient (Wildman–Crippen LogP) is 2.99. The molecule has 2 atom stereocenters. The summed E-state index contributed by atoms with van der Waals surface area (Å²) in [7, 11) is 1.62. The fourth-order valence-corrected chi connectivity index (χ4v) is 4.23. The van der Waals surface area contributed by atoms with Gasteiger partial charge in [-0.3, -0.25) is 0 Å². The summed E-state index contributed by atoms with van der Waals surface area (Å²) in [6.45, 7) is 2.70. The predicted molar refractivity (Wildman–Crippen MR) is 123 cm³/mol. The molecule has 0 radical (unpaired) electrons. The molecule has 1 fully saturated rings. The summed E-state index contributed by atoms with van der Waals surface area (Å²) in [5.41, 5.74) is 7.23. The quantitative estimate of drug-likeness (QED) is 0.347. The van der Waals surface area contributed by atoms with Crippen molar-refractivity contribution >= 4 is 33.4 Å². The summed E-state index contributed by atoms with van der Waals surface area (Å²) in [6.07, 6.45) is 3.68. The maximum atomic E-state index is 15.1. The molecule has 12 heteroatoms. The molecule has 1 unspecified atom stereocenters. The lowest BCUT2D eigenvalue weighted by molar-refractivity contribution is 0.188. The molecule has 1 aliphatic rings. The van der Waals surface area contributed by atoms with Crippen LogP contribution in [-0.2, 0) is 0 Å². The van der Waals surface area contributed by atoms with Crippen LogP contribution in [0.1, 0.15) is 31.7 Å². The number of nitrogens with one attached hydrogen (secondary N) is 2. The van der Waals surface area contributed by atoms with Gasteiger partial charge in [0, 0.05) is 32.2 Å². The van der Waals surface area contributed by atoms with Gasteiger partial charge in [0.2, 0.25) is 0 Å². The van der Waals surface area contributed by atoms with Crippen LogP contribution in [0.5, 0.6) is 11.8 Å². The number of anilines is 2. The lowest BCUT2D eigenvalue weighted by atomic mass is 10.1. The third kappa shape index (κ3) is 3.84. The van der Waals surface area contributed by atoms with Crippen molar-refractivity contribution in [1.82, 2.24) is 24.9 Å². The lowest BCUT2D eigenvalue weighted by Crippen LogP contribution is -2.43. The summed E-state index contributed by atoms with van der Waals surface area (Å²) in [4.78, 5) is 22.1. The Labute approximate surface area is 193 Å². The van der Waals surface area contributed by atoms with Gasteiger partial charge in [-0.25, -0.2) is 18.7 Å². The van der Waals surface area contributed by atoms with Crippen LogP contribution in [0.15, 0.2) is 18.5 Å². The van der Waals surface area contributed by atoms with Crippen LogP contribution in [0, 0.1) is 11.6 Å². The molecule has 178 valence electrons. The molecule has 0 aliphatic carbocycles. The molecule has 0 spiro atoms. The van der Waals surface area contributed by atoms with Crippen molar-refractivity contribution < 1.29 is 18.6 Å². The Morgan fingerprint density at radius 1 is 1.26 bits per heavy atom. The number of aliphatic hydroxyl groups excluding tert-OH is 1. The third-order valence-electron chi connectivity index (χ3n) is 5.84. The topological polar surface area (TPSA) is 138 Å². The number of nitrogens with two attached hydrogens (primary N) is 1. The number of fused-ring (bicyclic) bond motifs is 3. The van der Waals surface area contributed by atoms with Crippen LogP contribution in [0.25, 0.3) is 21.9 Å². The highest BCUT2D eigenvalue weighted by molar-refractivity contribution is 6.15. The Morgan fingerprint density at radius 3 is 2.71 bits per heavy atom. The number of aliphatic hydroxyl groups is 1. The van der Waals surface area contributed by atoms with Gasteiger partial charge in [0.25, 0.3) is 0 Å². The minimum atomic E-state index is -0.984. The zero-order valence-electron chi connectivity index (χ0n) is 18.6. The van der Waals surface area contributed by atoms with Gasteiger partial charge in [-0.2, -0.15) is 9.97 Å². The second kappa shape index (κ2) is 8.61. The number of rotatable bonds is 5. The highest BCUT2D eigenvalue weighted by atomic mass is 19.2. The third-order valence-corrected chi connectivity index (χ3v) is 5.84. The molecule has 5 N–H and O–H groups in total. The molecule has 4 aromatic rings. The standard InChI is InChI=1S/C22H24F2N8O2/c1-10(33)19-27-7-12(8-28-19)34-22-30-20-16(21(31-22)32-5-3-4-11(25)9-32)15-17(24)13(23)6-14(26-2)18(15)29-20/h6-8,10-11,26,33H,3-5,9,25H2,1-2H3,(H,29,30,31)/t10-,11?/m0/s1. The summed E-state index contributed by atoms with van der Waals surface area (Å²) >= 11 is 0. The highest BCUT2D eigenvalue weighted by Crippen LogP contribution is 2.39. The van der Waals surface area contributed by atoms with Gasteiger partial charge >= 0.3 is 6.01 Å². The van der Waals surface area contributed by atoms with E-state index < -0.39 is 17.7 Å². The molecular formula is C22H24F2N8O2. The van der Waals surface area contributed by atoms with Gasteiger partial charge in [-0.05, 0) is 19.8 Å². The van der Waals surface area contributed by atoms with Gasteiger partial charge in [0.15, 0.2) is 23.2 Å². The average molecular weight is 470 g/mol. The van der Waals surface area contributed by atoms with Gasteiger partial charge in [0.1, 0.15) is 17.6 Å². The number of benzene rings is 1. The smallest absolute Gasteiger partial charge is 0.326 e. The van der Waals surface area contributed by atoms with Crippen molar-refractivity contribution in [3.05, 3.63) is 35.9 Å². The van der Waals surface area contributed by atoms with Crippen molar-refractivity contribution in [2.24, 2.45) is 5.73 Å². The number of nitrogens with zero attached hydrogens (tertiary/aromatic N) is 5. The maximum Gasteiger partial charge on any atom is 0.326 e. The van der Waals surface area contributed by atoms with Crippen LogP contribution in [0.4, 0.5) is 20.3 Å². The number of aromatic nitrogens is 5. The van der Waals surface area contributed by atoms with E-state index in [0.29, 0.717) is 35.5 Å². The van der Waals surface area contributed by atoms with Crippen molar-refractivity contribution in [1.29, 1.82) is 0 Å². The monoisotopic (exact) mass is 470 g/mol. The van der Waals surface area contributed by atoms with Crippen LogP contribution in [0.3, 0.4) is 0 Å². The minimum Gasteiger partial charge on any atom is -0.421 e. The first-order chi connectivity index (χ1) is 16.4. The first-order valence-corrected chi connectivity index (χ1v) is 10.9. The van der Waals surface area contributed by atoms with E-state index in [1.165, 1.54) is 12.4 Å². The number of H-pyrrole nitrogens is 1. The summed E-state index contributed by atoms with van der Waals surface area (Å²) in [5, 5.41) is 12.9. The van der Waals surface area contributed by atoms with Crippen LogP contribution in [-0.4, -0.2) is 56.2 Å². The lowest BCUT2D eigenvalue weighted by Gasteiger charge is -2.32. The second-order valence-corrected chi connectivity index (χ2v) is 8.30. The molecule has 5 rings (SSSR count). The van der Waals surface area contributed by atoms with E-state index in [-0.39, 0.29) is 34.7 Å². The Morgan fingerprint density at radius 2 is 2.03 bits per heavy atom. The molecule has 0 bridgehead atoms. The van der Waals surface area contributed by atoms with E-state index in [2.05, 4.69) is 30.2 Å². The van der Waals surface area contributed by atoms with Crippen molar-refractivity contribution in [3.63, 3.8) is 0 Å². The van der Waals surface area contributed by atoms with E-state index in [4.69, 9.17) is 10.5 Å². The Kier molecular flexibility index (Phi) is 5.62. The van der Waals surface area contributed by atoms with Crippen LogP contribution in [0.2, 0.25) is 0 Å². The molecule has 34 heavy (non-hydrogen) atoms. The van der Waals surface area contributed by atoms with Crippen LogP contribution >= 0.6 is 0 Å². The normalized spacial score (nSPS) is 17.4. The highest BCUT2D eigenvalue weighted by Gasteiger charge is 2.27. The molecule has 3 aromatic heterocycles. The van der Waals surface area contributed by atoms with E-state index in [1.807, 2.05) is 4.90 Å². The first kappa shape index (κ1) is 22.2. The number of aromatic amines is 1. The SMILES string of the molecule is CNc1cc(F)c(F)c2c1[nH]c1nc(Oc3cnc([C@H](C)O)nc3)nc(N3CCCC(N)C3)c12. The number of halogens is 2. The van der Waals surface area contributed by atoms with Crippen molar-refractivity contribution in [2.45, 2.75) is 31.9 Å². The van der Waals surface area contributed by atoms with Gasteiger partial charge in [-0.1, -0.05) is 0 Å². The fraction of sp³-hybridized carbons (Fsp3) is 0.364. The molecule has 4 heterocycles. The molecule has 0 saturated carbocycles. The van der Waals surface area contributed by atoms with Gasteiger partial charge < -0.3 is 30.8 Å². The average Bonchev–Trinajstić information content (AvgIpc) is 3.21. The Balaban J connectivity index is 1.69. The molecule has 10 nitrogen and oxygen atoms in total. The number of piperidine rings is 1.